The molecule has 0 amide bonds. The summed E-state index contributed by atoms with van der Waals surface area (Å²) in [6.07, 6.45) is 1.64. The smallest absolute Gasteiger partial charge is 0.436 e. The molecule has 0 fully saturated rings. The lowest BCUT2D eigenvalue weighted by atomic mass is 10.4. The van der Waals surface area contributed by atoms with Gasteiger partial charge in [-0.2, -0.15) is 0 Å². The van der Waals surface area contributed by atoms with Gasteiger partial charge in [0.15, 0.2) is 6.79 Å². The molecule has 0 spiro atoms. The highest BCUT2D eigenvalue weighted by Crippen LogP contribution is 2.14. The van der Waals surface area contributed by atoms with Gasteiger partial charge in [-0.1, -0.05) is 12.7 Å². The third-order valence-electron chi connectivity index (χ3n) is 1.83. The Kier molecular flexibility index (Phi) is 6.90. The summed E-state index contributed by atoms with van der Waals surface area (Å²) in [7, 11) is 0.202. The van der Waals surface area contributed by atoms with Gasteiger partial charge in [-0.15, -0.1) is 6.58 Å². The van der Waals surface area contributed by atoms with Crippen LogP contribution in [0.3, 0.4) is 0 Å². The van der Waals surface area contributed by atoms with Crippen molar-refractivity contribution in [2.75, 3.05) is 21.0 Å². The molecule has 0 aliphatic carbocycles. The summed E-state index contributed by atoms with van der Waals surface area (Å²) in [5.41, 5.74) is 0.314. The summed E-state index contributed by atoms with van der Waals surface area (Å²) >= 11 is 0. The van der Waals surface area contributed by atoms with E-state index in [9.17, 15) is 4.79 Å². The Hall–Kier alpha value is -0.953. The van der Waals surface area contributed by atoms with Gasteiger partial charge in [-0.25, -0.2) is 4.79 Å². The summed E-state index contributed by atoms with van der Waals surface area (Å²) in [5, 5.41) is 0. The van der Waals surface area contributed by atoms with Crippen LogP contribution in [-0.2, 0) is 22.8 Å². The number of hydrogen-bond acceptors (Lipinski definition) is 5. The number of ether oxygens (including phenoxy) is 1. The Bertz CT molecular complexity index is 260. The first-order chi connectivity index (χ1) is 7.51. The number of allylic oxidation sites excluding steroid dienone is 1. The molecule has 0 N–H and O–H groups in total. The molecule has 0 atom stereocenters. The Balaban J connectivity index is 4.17. The molecule has 0 radical (unpaired) electrons. The maximum Gasteiger partial charge on any atom is 0.506 e. The monoisotopic (exact) mass is 246 g/mol. The molecule has 16 heavy (non-hydrogen) atoms. The highest BCUT2D eigenvalue weighted by atomic mass is 28.4. The lowest BCUT2D eigenvalue weighted by Gasteiger charge is -2.24. The molecule has 0 saturated heterocycles. The van der Waals surface area contributed by atoms with E-state index in [2.05, 4.69) is 13.2 Å². The molecule has 0 aliphatic rings. The fourth-order valence-corrected chi connectivity index (χ4v) is 2.35. The Morgan fingerprint density at radius 3 is 2.31 bits per heavy atom. The van der Waals surface area contributed by atoms with Crippen LogP contribution in [0.25, 0.3) is 0 Å². The van der Waals surface area contributed by atoms with Gasteiger partial charge in [-0.05, 0) is 6.92 Å². The van der Waals surface area contributed by atoms with Gasteiger partial charge in [0.1, 0.15) is 0 Å². The van der Waals surface area contributed by atoms with E-state index in [1.54, 1.807) is 13.0 Å². The largest absolute Gasteiger partial charge is 0.506 e. The summed E-state index contributed by atoms with van der Waals surface area (Å²) < 4.78 is 20.5. The van der Waals surface area contributed by atoms with E-state index in [1.165, 1.54) is 14.2 Å². The van der Waals surface area contributed by atoms with Gasteiger partial charge in [0.2, 0.25) is 0 Å². The van der Waals surface area contributed by atoms with Gasteiger partial charge in [0, 0.05) is 25.8 Å². The van der Waals surface area contributed by atoms with E-state index in [1.807, 2.05) is 0 Å². The highest BCUT2D eigenvalue weighted by Gasteiger charge is 2.38. The third kappa shape index (κ3) is 4.71. The minimum Gasteiger partial charge on any atom is -0.436 e. The number of esters is 1. The zero-order valence-corrected chi connectivity index (χ0v) is 10.9. The zero-order valence-electron chi connectivity index (χ0n) is 9.95. The van der Waals surface area contributed by atoms with Crippen LogP contribution in [0.5, 0.6) is 0 Å². The van der Waals surface area contributed by atoms with Crippen LogP contribution >= 0.6 is 0 Å². The number of rotatable bonds is 8. The normalized spacial score (nSPS) is 10.9. The highest BCUT2D eigenvalue weighted by molar-refractivity contribution is 6.61. The average molecular weight is 246 g/mol. The molecule has 0 heterocycles. The number of hydrogen-bond donors (Lipinski definition) is 0. The topological polar surface area (TPSA) is 54.0 Å². The first kappa shape index (κ1) is 15.0. The van der Waals surface area contributed by atoms with Crippen LogP contribution in [0.1, 0.15) is 6.92 Å². The molecule has 5 nitrogen and oxygen atoms in total. The molecule has 0 rings (SSSR count). The van der Waals surface area contributed by atoms with Crippen molar-refractivity contribution in [3.8, 4) is 0 Å². The van der Waals surface area contributed by atoms with Gasteiger partial charge < -0.3 is 18.0 Å². The summed E-state index contributed by atoms with van der Waals surface area (Å²) in [6, 6.07) is 0.449. The first-order valence-electron chi connectivity index (χ1n) is 4.69. The predicted molar refractivity (Wildman–Crippen MR) is 61.6 cm³/mol. The van der Waals surface area contributed by atoms with Crippen LogP contribution in [0.2, 0.25) is 6.04 Å². The van der Waals surface area contributed by atoms with Crippen molar-refractivity contribution in [1.82, 2.24) is 0 Å². The second-order valence-electron chi connectivity index (χ2n) is 3.06. The van der Waals surface area contributed by atoms with Crippen molar-refractivity contribution in [2.45, 2.75) is 13.0 Å². The standard InChI is InChI=1S/C10H18O5Si/c1-6-7-16(12-4,13-5)15-8-14-10(11)9(2)3/h6H,1-2,7-8H2,3-5H3. The molecular weight excluding hydrogens is 228 g/mol. The predicted octanol–water partition coefficient (Wildman–Crippen LogP) is 1.50. The van der Waals surface area contributed by atoms with Gasteiger partial charge in [-0.3, -0.25) is 0 Å². The van der Waals surface area contributed by atoms with E-state index in [0.29, 0.717) is 11.6 Å². The molecule has 0 aromatic heterocycles. The Labute approximate surface area is 97.0 Å². The van der Waals surface area contributed by atoms with Gasteiger partial charge in [0.25, 0.3) is 0 Å². The van der Waals surface area contributed by atoms with Gasteiger partial charge in [0.05, 0.1) is 0 Å². The SMILES string of the molecule is C=CC[Si](OC)(OC)OCOC(=O)C(=C)C. The molecule has 0 aromatic rings. The number of carbonyl (C=O) groups is 1. The van der Waals surface area contributed by atoms with Crippen molar-refractivity contribution in [1.29, 1.82) is 0 Å². The molecule has 0 bridgehead atoms. The summed E-state index contributed by atoms with van der Waals surface area (Å²) in [5.74, 6) is -0.506. The van der Waals surface area contributed by atoms with E-state index >= 15 is 0 Å². The van der Waals surface area contributed by atoms with E-state index in [0.717, 1.165) is 0 Å². The minimum absolute atomic E-state index is 0.215. The molecule has 0 aliphatic heterocycles. The summed E-state index contributed by atoms with van der Waals surface area (Å²) in [4.78, 5) is 11.1. The Morgan fingerprint density at radius 2 is 1.94 bits per heavy atom. The lowest BCUT2D eigenvalue weighted by molar-refractivity contribution is -0.147. The Morgan fingerprint density at radius 1 is 1.38 bits per heavy atom. The zero-order chi connectivity index (χ0) is 12.6. The van der Waals surface area contributed by atoms with Crippen LogP contribution in [-0.4, -0.2) is 35.8 Å². The van der Waals surface area contributed by atoms with Crippen LogP contribution in [0.4, 0.5) is 0 Å². The maximum atomic E-state index is 11.1. The van der Waals surface area contributed by atoms with Crippen LogP contribution < -0.4 is 0 Å². The molecular formula is C10H18O5Si. The second-order valence-corrected chi connectivity index (χ2v) is 5.94. The van der Waals surface area contributed by atoms with Crippen LogP contribution in [0, 0.1) is 0 Å². The van der Waals surface area contributed by atoms with Crippen molar-refractivity contribution in [2.24, 2.45) is 0 Å². The second kappa shape index (κ2) is 7.34. The van der Waals surface area contributed by atoms with Gasteiger partial charge >= 0.3 is 14.8 Å². The maximum absolute atomic E-state index is 11.1. The van der Waals surface area contributed by atoms with E-state index in [-0.39, 0.29) is 6.79 Å². The van der Waals surface area contributed by atoms with Crippen molar-refractivity contribution >= 4 is 14.8 Å². The molecule has 0 saturated carbocycles. The molecule has 6 heteroatoms. The fourth-order valence-electron chi connectivity index (χ4n) is 0.900. The van der Waals surface area contributed by atoms with Crippen molar-refractivity contribution < 1.29 is 22.8 Å². The first-order valence-corrected chi connectivity index (χ1v) is 6.62. The minimum atomic E-state index is -2.77. The molecule has 0 unspecified atom stereocenters. The molecule has 92 valence electrons. The fraction of sp³-hybridized carbons (Fsp3) is 0.500. The van der Waals surface area contributed by atoms with E-state index in [4.69, 9.17) is 18.0 Å². The van der Waals surface area contributed by atoms with Crippen LogP contribution in [0.15, 0.2) is 24.8 Å². The quantitative estimate of drug-likeness (QED) is 0.213. The van der Waals surface area contributed by atoms with Crippen molar-refractivity contribution in [3.05, 3.63) is 24.8 Å². The number of carbonyl (C=O) groups excluding carboxylic acids is 1. The summed E-state index contributed by atoms with van der Waals surface area (Å²) in [6.45, 7) is 8.38. The lowest BCUT2D eigenvalue weighted by Crippen LogP contribution is -2.44. The van der Waals surface area contributed by atoms with Crippen molar-refractivity contribution in [3.63, 3.8) is 0 Å². The average Bonchev–Trinajstić information content (AvgIpc) is 2.27. The third-order valence-corrected chi connectivity index (χ3v) is 4.42. The molecule has 0 aromatic carbocycles. The van der Waals surface area contributed by atoms with E-state index < -0.39 is 14.8 Å².